The van der Waals surface area contributed by atoms with Crippen molar-refractivity contribution in [2.75, 3.05) is 0 Å². The van der Waals surface area contributed by atoms with Crippen molar-refractivity contribution in [2.45, 2.75) is 70.9 Å². The molecule has 1 aromatic rings. The molecular weight excluding hydrogens is 246 g/mol. The summed E-state index contributed by atoms with van der Waals surface area (Å²) in [4.78, 5) is 0. The first-order valence-electron chi connectivity index (χ1n) is 8.03. The van der Waals surface area contributed by atoms with Gasteiger partial charge in [-0.25, -0.2) is 0 Å². The molecule has 110 valence electrons. The second kappa shape index (κ2) is 4.77. The molecule has 0 aromatic heterocycles. The van der Waals surface area contributed by atoms with E-state index in [9.17, 15) is 0 Å². The molecule has 2 N–H and O–H groups in total. The molecule has 20 heavy (non-hydrogen) atoms. The lowest BCUT2D eigenvalue weighted by molar-refractivity contribution is 0.138. The smallest absolute Gasteiger partial charge is 0.123 e. The van der Waals surface area contributed by atoms with Gasteiger partial charge in [-0.2, -0.15) is 0 Å². The largest absolute Gasteiger partial charge is 0.487 e. The highest BCUT2D eigenvalue weighted by atomic mass is 16.5. The molecule has 1 fully saturated rings. The van der Waals surface area contributed by atoms with Crippen LogP contribution >= 0.6 is 0 Å². The van der Waals surface area contributed by atoms with Crippen LogP contribution in [0.2, 0.25) is 0 Å². The molecule has 0 radical (unpaired) electrons. The Morgan fingerprint density at radius 3 is 2.60 bits per heavy atom. The van der Waals surface area contributed by atoms with Crippen LogP contribution in [-0.4, -0.2) is 5.60 Å². The lowest BCUT2D eigenvalue weighted by atomic mass is 9.73. The average Bonchev–Trinajstić information content (AvgIpc) is 2.99. The van der Waals surface area contributed by atoms with Crippen molar-refractivity contribution in [3.05, 3.63) is 29.3 Å². The predicted molar refractivity (Wildman–Crippen MR) is 83.0 cm³/mol. The van der Waals surface area contributed by atoms with Crippen LogP contribution in [0, 0.1) is 5.41 Å². The van der Waals surface area contributed by atoms with Gasteiger partial charge < -0.3 is 10.5 Å². The fraction of sp³-hybridized carbons (Fsp3) is 0.667. The minimum Gasteiger partial charge on any atom is -0.487 e. The summed E-state index contributed by atoms with van der Waals surface area (Å²) in [6.07, 6.45) is 7.41. The van der Waals surface area contributed by atoms with Crippen molar-refractivity contribution >= 4 is 0 Å². The van der Waals surface area contributed by atoms with Gasteiger partial charge in [0.15, 0.2) is 0 Å². The third kappa shape index (κ3) is 2.24. The zero-order valence-corrected chi connectivity index (χ0v) is 13.0. The topological polar surface area (TPSA) is 35.2 Å². The van der Waals surface area contributed by atoms with Gasteiger partial charge in [0, 0.05) is 12.5 Å². The highest BCUT2D eigenvalue weighted by molar-refractivity contribution is 5.43. The normalized spacial score (nSPS) is 24.2. The molecule has 1 atom stereocenters. The zero-order valence-electron chi connectivity index (χ0n) is 13.0. The van der Waals surface area contributed by atoms with Gasteiger partial charge in [-0.3, -0.25) is 0 Å². The number of nitrogens with two attached hydrogens (primary N) is 1. The lowest BCUT2D eigenvalue weighted by Gasteiger charge is -2.34. The first-order chi connectivity index (χ1) is 9.46. The fourth-order valence-electron chi connectivity index (χ4n) is 4.14. The maximum Gasteiger partial charge on any atom is 0.123 e. The van der Waals surface area contributed by atoms with E-state index in [1.807, 2.05) is 0 Å². The molecular formula is C18H27NO. The van der Waals surface area contributed by atoms with Crippen LogP contribution < -0.4 is 10.5 Å². The van der Waals surface area contributed by atoms with E-state index in [1.165, 1.54) is 43.2 Å². The molecule has 1 unspecified atom stereocenters. The predicted octanol–water partition coefficient (Wildman–Crippen LogP) is 4.37. The minimum atomic E-state index is -0.0686. The van der Waals surface area contributed by atoms with Crippen LogP contribution in [0.4, 0.5) is 0 Å². The second-order valence-electron chi connectivity index (χ2n) is 7.31. The summed E-state index contributed by atoms with van der Waals surface area (Å²) in [7, 11) is 0. The molecule has 0 saturated heterocycles. The van der Waals surface area contributed by atoms with Gasteiger partial charge in [-0.1, -0.05) is 31.9 Å². The molecule has 0 bridgehead atoms. The molecule has 1 aliphatic carbocycles. The van der Waals surface area contributed by atoms with Crippen LogP contribution in [0.5, 0.6) is 5.75 Å². The van der Waals surface area contributed by atoms with Crippen molar-refractivity contribution in [3.8, 4) is 5.75 Å². The summed E-state index contributed by atoms with van der Waals surface area (Å²) in [5.74, 6) is 1.04. The van der Waals surface area contributed by atoms with Crippen LogP contribution in [0.3, 0.4) is 0 Å². The van der Waals surface area contributed by atoms with Gasteiger partial charge in [0.25, 0.3) is 0 Å². The number of fused-ring (bicyclic) bond motifs is 1. The Kier molecular flexibility index (Phi) is 3.32. The summed E-state index contributed by atoms with van der Waals surface area (Å²) in [5.41, 5.74) is 9.55. The molecule has 1 saturated carbocycles. The van der Waals surface area contributed by atoms with Gasteiger partial charge >= 0.3 is 0 Å². The van der Waals surface area contributed by atoms with Gasteiger partial charge in [0.05, 0.1) is 0 Å². The summed E-state index contributed by atoms with van der Waals surface area (Å²) >= 11 is 0. The van der Waals surface area contributed by atoms with E-state index in [1.54, 1.807) is 0 Å². The van der Waals surface area contributed by atoms with Gasteiger partial charge in [0.2, 0.25) is 0 Å². The van der Waals surface area contributed by atoms with Crippen LogP contribution in [0.25, 0.3) is 0 Å². The Morgan fingerprint density at radius 1 is 1.25 bits per heavy atom. The van der Waals surface area contributed by atoms with E-state index in [0.29, 0.717) is 5.41 Å². The maximum absolute atomic E-state index is 6.67. The summed E-state index contributed by atoms with van der Waals surface area (Å²) in [5, 5.41) is 0. The highest BCUT2D eigenvalue weighted by Crippen LogP contribution is 2.49. The first-order valence-corrected chi connectivity index (χ1v) is 8.03. The lowest BCUT2D eigenvalue weighted by Crippen LogP contribution is -2.31. The average molecular weight is 273 g/mol. The Hall–Kier alpha value is -1.02. The van der Waals surface area contributed by atoms with E-state index in [2.05, 4.69) is 39.0 Å². The molecule has 1 heterocycles. The van der Waals surface area contributed by atoms with Crippen molar-refractivity contribution in [2.24, 2.45) is 11.1 Å². The van der Waals surface area contributed by atoms with Crippen LogP contribution in [-0.2, 0) is 6.42 Å². The number of hydrogen-bond acceptors (Lipinski definition) is 2. The quantitative estimate of drug-likeness (QED) is 0.887. The second-order valence-corrected chi connectivity index (χ2v) is 7.31. The fourth-order valence-corrected chi connectivity index (χ4v) is 4.14. The van der Waals surface area contributed by atoms with Crippen molar-refractivity contribution < 1.29 is 4.74 Å². The molecule has 1 aromatic carbocycles. The SMILES string of the molecule is CCC1(C(N)c2ccc3c(c2)CC(C)(C)O3)CCCC1. The minimum absolute atomic E-state index is 0.0686. The van der Waals surface area contributed by atoms with Gasteiger partial charge in [-0.15, -0.1) is 0 Å². The van der Waals surface area contributed by atoms with Crippen molar-refractivity contribution in [3.63, 3.8) is 0 Å². The van der Waals surface area contributed by atoms with E-state index < -0.39 is 0 Å². The Balaban J connectivity index is 1.89. The third-order valence-electron chi connectivity index (χ3n) is 5.41. The third-order valence-corrected chi connectivity index (χ3v) is 5.41. The van der Waals surface area contributed by atoms with Crippen LogP contribution in [0.15, 0.2) is 18.2 Å². The summed E-state index contributed by atoms with van der Waals surface area (Å²) in [6, 6.07) is 6.77. The number of benzene rings is 1. The van der Waals surface area contributed by atoms with Gasteiger partial charge in [-0.05, 0) is 55.7 Å². The molecule has 1 aliphatic heterocycles. The summed E-state index contributed by atoms with van der Waals surface area (Å²) < 4.78 is 5.97. The molecule has 3 rings (SSSR count). The molecule has 0 amide bonds. The number of hydrogen-bond donors (Lipinski definition) is 1. The number of ether oxygens (including phenoxy) is 1. The van der Waals surface area contributed by atoms with Gasteiger partial charge in [0.1, 0.15) is 11.4 Å². The van der Waals surface area contributed by atoms with Crippen LogP contribution in [0.1, 0.15) is 70.0 Å². The number of rotatable bonds is 3. The zero-order chi connectivity index (χ0) is 14.4. The van der Waals surface area contributed by atoms with E-state index in [0.717, 1.165) is 12.2 Å². The maximum atomic E-state index is 6.67. The first kappa shape index (κ1) is 13.9. The molecule has 2 heteroatoms. The summed E-state index contributed by atoms with van der Waals surface area (Å²) in [6.45, 7) is 6.60. The van der Waals surface area contributed by atoms with E-state index in [4.69, 9.17) is 10.5 Å². The van der Waals surface area contributed by atoms with E-state index in [-0.39, 0.29) is 11.6 Å². The van der Waals surface area contributed by atoms with Crippen molar-refractivity contribution in [1.29, 1.82) is 0 Å². The highest BCUT2D eigenvalue weighted by Gasteiger charge is 2.39. The molecule has 0 spiro atoms. The van der Waals surface area contributed by atoms with E-state index >= 15 is 0 Å². The Morgan fingerprint density at radius 2 is 1.95 bits per heavy atom. The molecule has 2 nitrogen and oxygen atoms in total. The van der Waals surface area contributed by atoms with Crippen molar-refractivity contribution in [1.82, 2.24) is 0 Å². The standard InChI is InChI=1S/C18H27NO/c1-4-18(9-5-6-10-18)16(19)13-7-8-15-14(11-13)12-17(2,3)20-15/h7-8,11,16H,4-6,9-10,12,19H2,1-3H3. The monoisotopic (exact) mass is 273 g/mol. The Bertz CT molecular complexity index is 500. The molecule has 2 aliphatic rings. The Labute approximate surface area is 122 Å².